The highest BCUT2D eigenvalue weighted by atomic mass is 32.2. The van der Waals surface area contributed by atoms with Crippen LogP contribution < -0.4 is 82.7 Å². The van der Waals surface area contributed by atoms with E-state index < -0.39 is 175 Å². The minimum atomic E-state index is -1.65. The van der Waals surface area contributed by atoms with E-state index in [-0.39, 0.29) is 76.6 Å². The maximum absolute atomic E-state index is 14.8. The summed E-state index contributed by atoms with van der Waals surface area (Å²) < 4.78 is 0. The maximum Gasteiger partial charge on any atom is 0.245 e. The highest BCUT2D eigenvalue weighted by molar-refractivity contribution is 7.98. The molecule has 0 radical (unpaired) electrons. The van der Waals surface area contributed by atoms with Crippen LogP contribution in [0.1, 0.15) is 134 Å². The largest absolute Gasteiger partial charge is 0.370 e. The van der Waals surface area contributed by atoms with Gasteiger partial charge in [0.25, 0.3) is 0 Å². The van der Waals surface area contributed by atoms with Crippen LogP contribution in [-0.2, 0) is 68.7 Å². The number of nitrogens with zero attached hydrogens (tertiary/aromatic N) is 3. The molecule has 2 aliphatic rings. The molecule has 2 aliphatic heterocycles. The number of nitrogens with two attached hydrogens (primary N) is 7. The van der Waals surface area contributed by atoms with Crippen molar-refractivity contribution in [1.29, 1.82) is 0 Å². The van der Waals surface area contributed by atoms with Crippen LogP contribution in [0.3, 0.4) is 0 Å². The Kier molecular flexibility index (Phi) is 34.1. The van der Waals surface area contributed by atoms with Crippen LogP contribution in [0.4, 0.5) is 0 Å². The second-order valence-corrected chi connectivity index (χ2v) is 25.5. The van der Waals surface area contributed by atoms with Gasteiger partial charge >= 0.3 is 0 Å². The molecule has 13 amide bonds. The molecule has 0 bridgehead atoms. The van der Waals surface area contributed by atoms with E-state index in [1.807, 2.05) is 20.1 Å². The van der Waals surface area contributed by atoms with Crippen LogP contribution in [-0.4, -0.2) is 198 Å². The molecular weight excluding hydrogens is 1260 g/mol. The van der Waals surface area contributed by atoms with E-state index in [1.54, 1.807) is 67.6 Å². The highest BCUT2D eigenvalue weighted by Crippen LogP contribution is 2.24. The Labute approximate surface area is 564 Å². The number of hydrogen-bond donors (Lipinski definition) is 15. The molecule has 0 saturated carbocycles. The molecule has 11 atom stereocenters. The molecule has 31 nitrogen and oxygen atoms in total. The average molecular weight is 1360 g/mol. The van der Waals surface area contributed by atoms with Crippen molar-refractivity contribution in [3.63, 3.8) is 0 Å². The van der Waals surface area contributed by atoms with Gasteiger partial charge < -0.3 is 92.5 Å². The van der Waals surface area contributed by atoms with E-state index in [2.05, 4.69) is 47.5 Å². The minimum Gasteiger partial charge on any atom is -0.370 e. The second-order valence-electron chi connectivity index (χ2n) is 24.6. The number of guanidine groups is 1. The molecule has 0 spiro atoms. The first-order valence-corrected chi connectivity index (χ1v) is 34.0. The summed E-state index contributed by atoms with van der Waals surface area (Å²) in [6.07, 6.45) is 3.21. The van der Waals surface area contributed by atoms with Gasteiger partial charge in [0.2, 0.25) is 76.8 Å². The molecule has 2 fully saturated rings. The lowest BCUT2D eigenvalue weighted by Crippen LogP contribution is -2.60. The van der Waals surface area contributed by atoms with Crippen molar-refractivity contribution >= 4 is 94.5 Å². The van der Waals surface area contributed by atoms with Crippen molar-refractivity contribution in [2.24, 2.45) is 51.0 Å². The fourth-order valence-electron chi connectivity index (χ4n) is 11.3. The smallest absolute Gasteiger partial charge is 0.245 e. The van der Waals surface area contributed by atoms with Crippen LogP contribution in [0.5, 0.6) is 0 Å². The number of thioether (sulfide) groups is 1. The van der Waals surface area contributed by atoms with Crippen molar-refractivity contribution in [2.75, 3.05) is 44.7 Å². The van der Waals surface area contributed by atoms with E-state index in [0.717, 1.165) is 0 Å². The highest BCUT2D eigenvalue weighted by Gasteiger charge is 2.43. The normalized spacial score (nSPS) is 17.1. The molecule has 2 aromatic carbocycles. The third kappa shape index (κ3) is 26.7. The number of carbonyl (C=O) groups excluding carboxylic acids is 13. The number of hydrogen-bond acceptors (Lipinski definition) is 17. The zero-order chi connectivity index (χ0) is 71.0. The van der Waals surface area contributed by atoms with E-state index in [0.29, 0.717) is 55.4 Å². The van der Waals surface area contributed by atoms with Crippen molar-refractivity contribution in [3.05, 3.63) is 71.8 Å². The van der Waals surface area contributed by atoms with Crippen molar-refractivity contribution in [2.45, 2.75) is 190 Å². The van der Waals surface area contributed by atoms with Crippen LogP contribution in [0.25, 0.3) is 0 Å². The van der Waals surface area contributed by atoms with Gasteiger partial charge in [-0.25, -0.2) is 0 Å². The van der Waals surface area contributed by atoms with E-state index >= 15 is 0 Å². The lowest BCUT2D eigenvalue weighted by atomic mass is 9.92. The van der Waals surface area contributed by atoms with Crippen LogP contribution in [0.2, 0.25) is 0 Å². The predicted molar refractivity (Wildman–Crippen MR) is 360 cm³/mol. The third-order valence-electron chi connectivity index (χ3n) is 16.5. The molecule has 0 aromatic heterocycles. The van der Waals surface area contributed by atoms with Gasteiger partial charge in [-0.1, -0.05) is 81.4 Å². The summed E-state index contributed by atoms with van der Waals surface area (Å²) in [6, 6.07) is 4.52. The van der Waals surface area contributed by atoms with Gasteiger partial charge in [0.15, 0.2) is 5.96 Å². The molecule has 2 aromatic rings. The Morgan fingerprint density at radius 1 is 0.562 bits per heavy atom. The van der Waals surface area contributed by atoms with Gasteiger partial charge in [0.05, 0.1) is 12.6 Å². The Hall–Kier alpha value is -8.91. The number of primary amides is 3. The maximum atomic E-state index is 14.8. The Balaban J connectivity index is 1.58. The third-order valence-corrected chi connectivity index (χ3v) is 17.2. The van der Waals surface area contributed by atoms with Crippen LogP contribution >= 0.6 is 11.8 Å². The van der Waals surface area contributed by atoms with Gasteiger partial charge in [0.1, 0.15) is 54.4 Å². The molecule has 96 heavy (non-hydrogen) atoms. The summed E-state index contributed by atoms with van der Waals surface area (Å²) in [5.41, 5.74) is 40.7. The first-order chi connectivity index (χ1) is 45.6. The minimum absolute atomic E-state index is 0.0725. The lowest BCUT2D eigenvalue weighted by molar-refractivity contribution is -0.144. The Morgan fingerprint density at radius 2 is 1.08 bits per heavy atom. The molecule has 0 unspecified atom stereocenters. The first kappa shape index (κ1) is 79.5. The zero-order valence-corrected chi connectivity index (χ0v) is 56.2. The first-order valence-electron chi connectivity index (χ1n) is 32.6. The summed E-state index contributed by atoms with van der Waals surface area (Å²) in [5, 5.41) is 21.2. The monoisotopic (exact) mass is 1360 g/mol. The number of benzene rings is 2. The van der Waals surface area contributed by atoms with Crippen LogP contribution in [0, 0.1) is 5.92 Å². The molecular formula is C64H100N18O13S. The van der Waals surface area contributed by atoms with Crippen molar-refractivity contribution in [3.8, 4) is 0 Å². The molecule has 0 aliphatic carbocycles. The van der Waals surface area contributed by atoms with Crippen molar-refractivity contribution < 1.29 is 62.3 Å². The number of likely N-dealkylation sites (tertiary alicyclic amines) is 2. The number of aliphatic imine (C=N–C) groups is 1. The summed E-state index contributed by atoms with van der Waals surface area (Å²) in [6.45, 7) is 5.51. The molecule has 2 heterocycles. The molecule has 2 saturated heterocycles. The molecule has 4 rings (SSSR count). The number of nitrogens with one attached hydrogen (secondary N) is 8. The summed E-state index contributed by atoms with van der Waals surface area (Å²) in [7, 11) is 0. The Bertz CT molecular complexity index is 3000. The second kappa shape index (κ2) is 41.1. The number of unbranched alkanes of at least 4 members (excludes halogenated alkanes) is 1. The molecule has 32 heteroatoms. The molecule has 530 valence electrons. The van der Waals surface area contributed by atoms with Crippen molar-refractivity contribution in [1.82, 2.24) is 52.3 Å². The summed E-state index contributed by atoms with van der Waals surface area (Å²) >= 11 is 1.45. The zero-order valence-electron chi connectivity index (χ0n) is 55.4. The number of rotatable bonds is 42. The summed E-state index contributed by atoms with van der Waals surface area (Å²) in [5.74, 6) is -10.6. The van der Waals surface area contributed by atoms with Crippen LogP contribution in [0.15, 0.2) is 65.7 Å². The van der Waals surface area contributed by atoms with Gasteiger partial charge in [-0.3, -0.25) is 67.3 Å². The van der Waals surface area contributed by atoms with Gasteiger partial charge in [-0.15, -0.1) is 0 Å². The van der Waals surface area contributed by atoms with E-state index in [1.165, 1.54) is 21.6 Å². The molecule has 22 N–H and O–H groups in total. The fourth-order valence-corrected chi connectivity index (χ4v) is 11.8. The lowest BCUT2D eigenvalue weighted by Gasteiger charge is -2.32. The topological polar surface area (TPSA) is 519 Å². The van der Waals surface area contributed by atoms with E-state index in [9.17, 15) is 62.3 Å². The summed E-state index contributed by atoms with van der Waals surface area (Å²) in [4.78, 5) is 186. The van der Waals surface area contributed by atoms with Gasteiger partial charge in [-0.2, -0.15) is 11.8 Å². The standard InChI is InChI=1S/C64H100N18O13S/c1-37(2)34-46(57(89)75-42(54(69)86)28-33-96-4)74-52(85)36-73-61(93)53(38(3)40-18-9-6-10-19-40)80-58(90)47(35-39-16-7-5-8-17-39)79-56(88)43(24-26-50(67)83)76-55(87)44(25-27-51(68)84)77-59(91)49-23-15-32-82(49)63(95)45(21-11-12-29-65)78-60(92)48-22-14-31-81(48)62(94)41(66)20-13-30-72-64(70)71/h5-10,16-19,37-38,41-49,53H,11-15,20-36,65-66H2,1-4H3,(H2,67,83)(H2,68,84)(H2,69,86)(H,73,93)(H,74,85)(H,75,89)(H,76,87)(H,77,91)(H,78,92)(H,79,88)(H,80,90)(H4,70,71,72)/t38-,41-,42-,43-,44-,45-,46-,47-,48-,49-,53-/m0/s1. The van der Waals surface area contributed by atoms with Gasteiger partial charge in [-0.05, 0) is 119 Å². The average Bonchev–Trinajstić information content (AvgIpc) is 2.01. The number of carbonyl (C=O) groups is 13. The quantitative estimate of drug-likeness (QED) is 0.0177. The SMILES string of the molecule is CSCC[C@H](NC(=O)[C@H](CC(C)C)NC(=O)CNC(=O)[C@@H](NC(=O)[C@H](Cc1ccccc1)NC(=O)[C@H](CCC(N)=O)NC(=O)[C@H](CCC(N)=O)NC(=O)[C@@H]1CCCN1C(=O)[C@H](CCCCN)NC(=O)[C@@H]1CCCN1C(=O)[C@@H](N)CCCN=C(N)N)[C@@H](C)c1ccccc1)C(N)=O. The Morgan fingerprint density at radius 3 is 1.62 bits per heavy atom. The van der Waals surface area contributed by atoms with E-state index in [4.69, 9.17) is 40.1 Å². The predicted octanol–water partition coefficient (Wildman–Crippen LogP) is -3.15. The van der Waals surface area contributed by atoms with Gasteiger partial charge in [0, 0.05) is 44.8 Å². The fraction of sp³-hybridized carbons (Fsp3) is 0.594. The number of amides is 13.